The van der Waals surface area contributed by atoms with E-state index in [2.05, 4.69) is 32.8 Å². The van der Waals surface area contributed by atoms with Gasteiger partial charge in [0.2, 0.25) is 5.91 Å². The predicted octanol–water partition coefficient (Wildman–Crippen LogP) is 3.62. The first-order chi connectivity index (χ1) is 20.8. The molecular weight excluding hydrogens is 546 g/mol. The van der Waals surface area contributed by atoms with Gasteiger partial charge in [-0.2, -0.15) is 0 Å². The standard InChI is InChI=1S/C23H20N8.C8H7NO3/c24-19-10-12-30(29-19)20-9-8-18-23(28-20)31(16-7-6-14-3-1-4-15(14)13-16)22(27-18)17-5-2-11-26-21(17)25;9-8(12)5-1-2-7(11)6(3-5)4-10/h2,5-13H,1,3-4H2,(H2,24,29)(H2,25,26);1-4,11H,(H2,9,12). The van der Waals surface area contributed by atoms with Crippen LogP contribution in [0.4, 0.5) is 11.6 Å². The number of hydrogen-bond acceptors (Lipinski definition) is 9. The number of primary amides is 1. The highest BCUT2D eigenvalue weighted by Crippen LogP contribution is 2.33. The number of aldehydes is 1. The normalized spacial score (nSPS) is 12.0. The van der Waals surface area contributed by atoms with Crippen molar-refractivity contribution in [3.63, 3.8) is 0 Å². The molecule has 0 bridgehead atoms. The van der Waals surface area contributed by atoms with Gasteiger partial charge in [0.05, 0.1) is 11.1 Å². The van der Waals surface area contributed by atoms with E-state index in [4.69, 9.17) is 32.3 Å². The van der Waals surface area contributed by atoms with Gasteiger partial charge in [0.15, 0.2) is 23.6 Å². The summed E-state index contributed by atoms with van der Waals surface area (Å²) < 4.78 is 3.71. The summed E-state index contributed by atoms with van der Waals surface area (Å²) in [6.45, 7) is 0. The van der Waals surface area contributed by atoms with Gasteiger partial charge in [-0.15, -0.1) is 5.10 Å². The quantitative estimate of drug-likeness (QED) is 0.223. The number of hydrogen-bond donors (Lipinski definition) is 4. The van der Waals surface area contributed by atoms with Crippen molar-refractivity contribution in [3.05, 3.63) is 101 Å². The first kappa shape index (κ1) is 27.1. The van der Waals surface area contributed by atoms with Gasteiger partial charge < -0.3 is 22.3 Å². The summed E-state index contributed by atoms with van der Waals surface area (Å²) >= 11 is 0. The molecule has 2 aromatic carbocycles. The molecule has 4 heterocycles. The molecule has 43 heavy (non-hydrogen) atoms. The number of pyridine rings is 2. The Morgan fingerprint density at radius 1 is 0.953 bits per heavy atom. The van der Waals surface area contributed by atoms with Crippen LogP contribution in [0.25, 0.3) is 34.1 Å². The Bertz CT molecular complexity index is 2010. The highest BCUT2D eigenvalue weighted by molar-refractivity contribution is 5.95. The number of carbonyl (C=O) groups excluding carboxylic acids is 2. The van der Waals surface area contributed by atoms with Crippen LogP contribution < -0.4 is 17.2 Å². The monoisotopic (exact) mass is 573 g/mol. The first-order valence-electron chi connectivity index (χ1n) is 13.4. The summed E-state index contributed by atoms with van der Waals surface area (Å²) in [6.07, 6.45) is 7.34. The SMILES string of the molecule is NC(=O)c1ccc(O)c(C=O)c1.Nc1ccn(-c2ccc3nc(-c4cccnc4N)n(-c4ccc5c(c4)CCC5)c3n2)n1. The van der Waals surface area contributed by atoms with E-state index >= 15 is 0 Å². The second-order valence-corrected chi connectivity index (χ2v) is 9.97. The number of nitrogen functional groups attached to an aromatic ring is 2. The number of carbonyl (C=O) groups is 2. The molecule has 1 aliphatic rings. The van der Waals surface area contributed by atoms with Crippen LogP contribution in [0.5, 0.6) is 5.75 Å². The van der Waals surface area contributed by atoms with E-state index in [-0.39, 0.29) is 16.9 Å². The number of aromatic hydroxyl groups is 1. The fraction of sp³-hybridized carbons (Fsp3) is 0.0968. The molecule has 0 saturated heterocycles. The molecule has 0 fully saturated rings. The van der Waals surface area contributed by atoms with Crippen molar-refractivity contribution in [2.24, 2.45) is 5.73 Å². The number of aryl methyl sites for hydroxylation is 2. The molecule has 7 N–H and O–H groups in total. The van der Waals surface area contributed by atoms with Gasteiger partial charge in [0.1, 0.15) is 22.9 Å². The van der Waals surface area contributed by atoms with Gasteiger partial charge in [-0.25, -0.2) is 19.6 Å². The molecule has 0 atom stereocenters. The number of amides is 1. The molecule has 0 saturated carbocycles. The number of phenols is 1. The van der Waals surface area contributed by atoms with Gasteiger partial charge in [0.25, 0.3) is 0 Å². The number of fused-ring (bicyclic) bond motifs is 2. The molecule has 4 aromatic heterocycles. The molecule has 7 rings (SSSR count). The van der Waals surface area contributed by atoms with Crippen molar-refractivity contribution in [1.29, 1.82) is 0 Å². The van der Waals surface area contributed by atoms with Crippen molar-refractivity contribution in [3.8, 4) is 28.6 Å². The summed E-state index contributed by atoms with van der Waals surface area (Å²) in [5.41, 5.74) is 23.3. The van der Waals surface area contributed by atoms with Gasteiger partial charge in [-0.05, 0) is 85.0 Å². The molecule has 0 unspecified atom stereocenters. The molecule has 214 valence electrons. The van der Waals surface area contributed by atoms with E-state index in [0.29, 0.717) is 29.6 Å². The van der Waals surface area contributed by atoms with Crippen LogP contribution in [-0.4, -0.2) is 46.6 Å². The number of imidazole rings is 1. The number of anilines is 2. The number of phenolic OH excluding ortho intramolecular Hbond substituents is 1. The maximum Gasteiger partial charge on any atom is 0.248 e. The minimum absolute atomic E-state index is 0.0614. The highest BCUT2D eigenvalue weighted by Gasteiger charge is 2.20. The molecule has 12 nitrogen and oxygen atoms in total. The second kappa shape index (κ2) is 11.1. The summed E-state index contributed by atoms with van der Waals surface area (Å²) in [6, 6.07) is 19.8. The fourth-order valence-corrected chi connectivity index (χ4v) is 5.07. The maximum atomic E-state index is 10.6. The minimum Gasteiger partial charge on any atom is -0.507 e. The first-order valence-corrected chi connectivity index (χ1v) is 13.4. The molecule has 0 spiro atoms. The van der Waals surface area contributed by atoms with Gasteiger partial charge in [0, 0.05) is 29.7 Å². The third kappa shape index (κ3) is 5.24. The van der Waals surface area contributed by atoms with Crippen LogP contribution in [0.15, 0.2) is 79.1 Å². The van der Waals surface area contributed by atoms with Gasteiger partial charge >= 0.3 is 0 Å². The Morgan fingerprint density at radius 2 is 1.79 bits per heavy atom. The second-order valence-electron chi connectivity index (χ2n) is 9.97. The van der Waals surface area contributed by atoms with Crippen LogP contribution in [-0.2, 0) is 12.8 Å². The van der Waals surface area contributed by atoms with Crippen molar-refractivity contribution < 1.29 is 14.7 Å². The number of nitrogens with zero attached hydrogens (tertiary/aromatic N) is 6. The lowest BCUT2D eigenvalue weighted by Crippen LogP contribution is -2.10. The average molecular weight is 574 g/mol. The van der Waals surface area contributed by atoms with E-state index in [9.17, 15) is 9.59 Å². The predicted molar refractivity (Wildman–Crippen MR) is 162 cm³/mol. The van der Waals surface area contributed by atoms with E-state index in [1.807, 2.05) is 24.3 Å². The molecule has 1 aliphatic carbocycles. The molecule has 0 aliphatic heterocycles. The van der Waals surface area contributed by atoms with E-state index < -0.39 is 5.91 Å². The lowest BCUT2D eigenvalue weighted by molar-refractivity contribution is 0.1000. The zero-order valence-electron chi connectivity index (χ0n) is 22.9. The van der Waals surface area contributed by atoms with Crippen molar-refractivity contribution in [2.75, 3.05) is 11.5 Å². The molecule has 6 aromatic rings. The van der Waals surface area contributed by atoms with Crippen LogP contribution in [0.1, 0.15) is 38.3 Å². The largest absolute Gasteiger partial charge is 0.507 e. The summed E-state index contributed by atoms with van der Waals surface area (Å²) in [5.74, 6) is 1.46. The average Bonchev–Trinajstić information content (AvgIpc) is 3.75. The Kier molecular flexibility index (Phi) is 7.00. The third-order valence-corrected chi connectivity index (χ3v) is 7.19. The van der Waals surface area contributed by atoms with Gasteiger partial charge in [-0.3, -0.25) is 14.2 Å². The third-order valence-electron chi connectivity index (χ3n) is 7.19. The van der Waals surface area contributed by atoms with E-state index in [1.54, 1.807) is 23.1 Å². The van der Waals surface area contributed by atoms with E-state index in [0.717, 1.165) is 35.3 Å². The summed E-state index contributed by atoms with van der Waals surface area (Å²) in [7, 11) is 0. The zero-order chi connectivity index (χ0) is 30.1. The molecule has 12 heteroatoms. The minimum atomic E-state index is -0.627. The van der Waals surface area contributed by atoms with Crippen LogP contribution in [0, 0.1) is 0 Å². The van der Waals surface area contributed by atoms with Crippen molar-refractivity contribution >= 4 is 35.0 Å². The Morgan fingerprint density at radius 3 is 2.53 bits per heavy atom. The molecule has 0 radical (unpaired) electrons. The summed E-state index contributed by atoms with van der Waals surface area (Å²) in [5, 5.41) is 13.3. The highest BCUT2D eigenvalue weighted by atomic mass is 16.3. The zero-order valence-corrected chi connectivity index (χ0v) is 22.9. The van der Waals surface area contributed by atoms with Crippen LogP contribution in [0.3, 0.4) is 0 Å². The lowest BCUT2D eigenvalue weighted by Gasteiger charge is -2.12. The Balaban J connectivity index is 0.000000232. The Labute approximate surface area is 245 Å². The Hall–Kier alpha value is -6.04. The van der Waals surface area contributed by atoms with Gasteiger partial charge in [-0.1, -0.05) is 6.07 Å². The summed E-state index contributed by atoms with van der Waals surface area (Å²) in [4.78, 5) is 34.9. The number of rotatable bonds is 5. The number of nitrogens with two attached hydrogens (primary N) is 3. The van der Waals surface area contributed by atoms with Crippen molar-refractivity contribution in [2.45, 2.75) is 19.3 Å². The van der Waals surface area contributed by atoms with Crippen LogP contribution in [0.2, 0.25) is 0 Å². The molecule has 1 amide bonds. The number of benzene rings is 2. The van der Waals surface area contributed by atoms with E-state index in [1.165, 1.54) is 35.7 Å². The topological polar surface area (TPSA) is 194 Å². The molecular formula is C31H27N9O3. The lowest BCUT2D eigenvalue weighted by atomic mass is 10.1. The van der Waals surface area contributed by atoms with Crippen molar-refractivity contribution in [1.82, 2.24) is 29.3 Å². The van der Waals surface area contributed by atoms with Crippen LogP contribution >= 0.6 is 0 Å². The fourth-order valence-electron chi connectivity index (χ4n) is 5.07. The maximum absolute atomic E-state index is 10.6. The number of aromatic nitrogens is 6. The smallest absolute Gasteiger partial charge is 0.248 e.